The smallest absolute Gasteiger partial charge is 0.390 e. The third-order valence-electron chi connectivity index (χ3n) is 3.37. The number of nitrogens with zero attached hydrogens (tertiary/aromatic N) is 1. The van der Waals surface area contributed by atoms with Crippen molar-refractivity contribution in [3.05, 3.63) is 0 Å². The van der Waals surface area contributed by atoms with Crippen LogP contribution in [0.2, 0.25) is 0 Å². The largest absolute Gasteiger partial charge is 0.469 e. The Morgan fingerprint density at radius 2 is 2.14 bits per heavy atom. The Kier molecular flexibility index (Phi) is 4.66. The highest BCUT2D eigenvalue weighted by molar-refractivity contribution is 7.46. The van der Waals surface area contributed by atoms with Crippen LogP contribution in [-0.2, 0) is 18.6 Å². The van der Waals surface area contributed by atoms with E-state index in [9.17, 15) is 19.3 Å². The van der Waals surface area contributed by atoms with Gasteiger partial charge in [-0.2, -0.15) is 0 Å². The van der Waals surface area contributed by atoms with E-state index in [-0.39, 0.29) is 18.9 Å². The molecule has 2 fully saturated rings. The molecule has 120 valence electrons. The van der Waals surface area contributed by atoms with Gasteiger partial charge in [0.15, 0.2) is 0 Å². The van der Waals surface area contributed by atoms with Gasteiger partial charge in [-0.15, -0.1) is 0 Å². The zero-order valence-corrected chi connectivity index (χ0v) is 12.1. The fraction of sp³-hybridized carbons (Fsp3) is 0.800. The molecule has 2 aliphatic heterocycles. The van der Waals surface area contributed by atoms with Crippen LogP contribution in [0.3, 0.4) is 0 Å². The van der Waals surface area contributed by atoms with Crippen molar-refractivity contribution in [2.24, 2.45) is 5.92 Å². The first-order valence-electron chi connectivity index (χ1n) is 6.32. The molecule has 0 unspecified atom stereocenters. The molecule has 4 atom stereocenters. The molecular weight excluding hydrogens is 307 g/mol. The Balaban J connectivity index is 1.95. The van der Waals surface area contributed by atoms with Crippen LogP contribution in [0.4, 0.5) is 4.79 Å². The summed E-state index contributed by atoms with van der Waals surface area (Å²) in [5, 5.41) is 12.0. The Morgan fingerprint density at radius 3 is 2.76 bits per heavy atom. The van der Waals surface area contributed by atoms with Gasteiger partial charge in [0.2, 0.25) is 5.91 Å². The predicted octanol–water partition coefficient (Wildman–Crippen LogP) is -1.24. The fourth-order valence-electron chi connectivity index (χ4n) is 2.24. The van der Waals surface area contributed by atoms with Gasteiger partial charge in [0, 0.05) is 13.0 Å². The normalized spacial score (nSPS) is 34.2. The summed E-state index contributed by atoms with van der Waals surface area (Å²) < 4.78 is 20.3. The number of aliphatic hydroxyl groups is 1. The van der Waals surface area contributed by atoms with Crippen molar-refractivity contribution in [2.75, 3.05) is 13.2 Å². The van der Waals surface area contributed by atoms with Crippen LogP contribution in [0.1, 0.15) is 13.3 Å². The van der Waals surface area contributed by atoms with Gasteiger partial charge in [-0.3, -0.25) is 19.5 Å². The molecule has 2 rings (SSSR count). The molecule has 0 aromatic heterocycles. The van der Waals surface area contributed by atoms with Gasteiger partial charge in [-0.05, 0) is 0 Å². The third-order valence-corrected chi connectivity index (χ3v) is 3.85. The summed E-state index contributed by atoms with van der Waals surface area (Å²) in [6.45, 7) is 1.30. The van der Waals surface area contributed by atoms with Crippen molar-refractivity contribution in [1.29, 1.82) is 0 Å². The molecule has 2 aliphatic rings. The Labute approximate surface area is 120 Å². The Morgan fingerprint density at radius 1 is 1.48 bits per heavy atom. The summed E-state index contributed by atoms with van der Waals surface area (Å²) in [4.78, 5) is 41.6. The molecule has 0 saturated carbocycles. The maximum atomic E-state index is 11.7. The number of rotatable bonds is 4. The number of hydrogen-bond donors (Lipinski definition) is 4. The van der Waals surface area contributed by atoms with Crippen LogP contribution in [0.25, 0.3) is 0 Å². The van der Waals surface area contributed by atoms with Crippen molar-refractivity contribution in [1.82, 2.24) is 10.2 Å². The van der Waals surface area contributed by atoms with Crippen molar-refractivity contribution < 1.29 is 38.3 Å². The number of nitrogens with one attached hydrogen (secondary N) is 1. The van der Waals surface area contributed by atoms with Crippen LogP contribution in [0, 0.1) is 5.92 Å². The Hall–Kier alpha value is -1.03. The monoisotopic (exact) mass is 324 g/mol. The lowest BCUT2D eigenvalue weighted by molar-refractivity contribution is -0.128. The second kappa shape index (κ2) is 5.99. The summed E-state index contributed by atoms with van der Waals surface area (Å²) in [7, 11) is -4.66. The minimum absolute atomic E-state index is 0.0729. The number of aliphatic hydroxyl groups excluding tert-OH is 1. The fourth-order valence-corrected chi connectivity index (χ4v) is 2.58. The minimum Gasteiger partial charge on any atom is -0.390 e. The summed E-state index contributed by atoms with van der Waals surface area (Å²) in [5.41, 5.74) is 0. The highest BCUT2D eigenvalue weighted by Crippen LogP contribution is 2.37. The quantitative estimate of drug-likeness (QED) is 0.470. The topological polar surface area (TPSA) is 146 Å². The molecule has 10 nitrogen and oxygen atoms in total. The first-order valence-corrected chi connectivity index (χ1v) is 7.85. The van der Waals surface area contributed by atoms with E-state index in [1.54, 1.807) is 6.92 Å². The Bertz CT molecular complexity index is 480. The molecule has 0 aromatic rings. The SMILES string of the molecule is C[C@H]1CN([C@H]2C[C@H](O)[C@@H](COP(=O)(O)O)O2)C(=O)NC1=O. The molecule has 3 amide bonds. The zero-order valence-electron chi connectivity index (χ0n) is 11.2. The van der Waals surface area contributed by atoms with Crippen LogP contribution >= 0.6 is 7.82 Å². The van der Waals surface area contributed by atoms with Gasteiger partial charge >= 0.3 is 13.9 Å². The molecule has 0 spiro atoms. The lowest BCUT2D eigenvalue weighted by Gasteiger charge is -2.34. The van der Waals surface area contributed by atoms with Crippen molar-refractivity contribution in [3.63, 3.8) is 0 Å². The molecule has 21 heavy (non-hydrogen) atoms. The van der Waals surface area contributed by atoms with E-state index >= 15 is 0 Å². The van der Waals surface area contributed by atoms with Crippen LogP contribution in [0.15, 0.2) is 0 Å². The molecule has 0 radical (unpaired) electrons. The van der Waals surface area contributed by atoms with Gasteiger partial charge in [0.25, 0.3) is 0 Å². The van der Waals surface area contributed by atoms with E-state index in [4.69, 9.17) is 14.5 Å². The van der Waals surface area contributed by atoms with Gasteiger partial charge in [0.1, 0.15) is 12.3 Å². The zero-order chi connectivity index (χ0) is 15.8. The predicted molar refractivity (Wildman–Crippen MR) is 66.7 cm³/mol. The number of carbonyl (C=O) groups excluding carboxylic acids is 2. The molecule has 0 aromatic carbocycles. The van der Waals surface area contributed by atoms with Crippen LogP contribution < -0.4 is 5.32 Å². The van der Waals surface area contributed by atoms with E-state index < -0.39 is 44.8 Å². The highest BCUT2D eigenvalue weighted by atomic mass is 31.2. The second-order valence-corrected chi connectivity index (χ2v) is 6.31. The number of amides is 3. The maximum Gasteiger partial charge on any atom is 0.469 e. The van der Waals surface area contributed by atoms with E-state index in [0.29, 0.717) is 0 Å². The van der Waals surface area contributed by atoms with E-state index in [0.717, 1.165) is 0 Å². The summed E-state index contributed by atoms with van der Waals surface area (Å²) in [6.07, 6.45) is -2.68. The number of urea groups is 1. The highest BCUT2D eigenvalue weighted by Gasteiger charge is 2.42. The van der Waals surface area contributed by atoms with Crippen molar-refractivity contribution in [2.45, 2.75) is 31.8 Å². The van der Waals surface area contributed by atoms with Crippen molar-refractivity contribution in [3.8, 4) is 0 Å². The minimum atomic E-state index is -4.66. The molecule has 4 N–H and O–H groups in total. The first-order chi connectivity index (χ1) is 9.67. The van der Waals surface area contributed by atoms with E-state index in [2.05, 4.69) is 9.84 Å². The molecule has 11 heteroatoms. The standard InChI is InChI=1S/C10H17N2O8P/c1-5-3-12(10(15)11-9(5)14)8-2-6(13)7(20-8)4-19-21(16,17)18/h5-8,13H,2-4H2,1H3,(H,11,14,15)(H2,16,17,18)/t5-,6-,7+,8+/m0/s1. The molecular formula is C10H17N2O8P. The number of carbonyl (C=O) groups is 2. The van der Waals surface area contributed by atoms with Gasteiger partial charge in [0.05, 0.1) is 18.6 Å². The van der Waals surface area contributed by atoms with Crippen molar-refractivity contribution >= 4 is 19.8 Å². The average Bonchev–Trinajstić information content (AvgIpc) is 2.72. The van der Waals surface area contributed by atoms with E-state index in [1.165, 1.54) is 4.90 Å². The van der Waals surface area contributed by atoms with E-state index in [1.807, 2.05) is 0 Å². The van der Waals surface area contributed by atoms with Gasteiger partial charge in [-0.25, -0.2) is 9.36 Å². The third kappa shape index (κ3) is 4.00. The lowest BCUT2D eigenvalue weighted by atomic mass is 10.1. The van der Waals surface area contributed by atoms with Crippen LogP contribution in [-0.4, -0.2) is 63.3 Å². The first kappa shape index (κ1) is 16.3. The van der Waals surface area contributed by atoms with Gasteiger partial charge in [-0.1, -0.05) is 6.92 Å². The number of imide groups is 1. The number of phosphoric acid groups is 1. The van der Waals surface area contributed by atoms with Crippen LogP contribution in [0.5, 0.6) is 0 Å². The molecule has 0 aliphatic carbocycles. The number of ether oxygens (including phenoxy) is 1. The second-order valence-electron chi connectivity index (χ2n) is 5.07. The average molecular weight is 324 g/mol. The summed E-state index contributed by atoms with van der Waals surface area (Å²) >= 11 is 0. The number of hydrogen-bond acceptors (Lipinski definition) is 6. The lowest BCUT2D eigenvalue weighted by Crippen LogP contribution is -2.57. The molecule has 2 saturated heterocycles. The maximum absolute atomic E-state index is 11.7. The summed E-state index contributed by atoms with van der Waals surface area (Å²) in [6, 6.07) is -0.619. The molecule has 0 bridgehead atoms. The molecule has 2 heterocycles. The summed E-state index contributed by atoms with van der Waals surface area (Å²) in [5.74, 6) is -0.787. The number of phosphoric ester groups is 1. The van der Waals surface area contributed by atoms with Gasteiger partial charge < -0.3 is 19.6 Å².